The molecular weight excluding hydrogens is 300 g/mol. The normalized spacial score (nSPS) is 40.6. The number of hydrogen-bond acceptors (Lipinski definition) is 0. The fraction of sp³-hybridized carbons (Fsp3) is 0.760. The van der Waals surface area contributed by atoms with Gasteiger partial charge in [0.1, 0.15) is 0 Å². The molecule has 4 unspecified atom stereocenters. The molecule has 0 aromatic heterocycles. The van der Waals surface area contributed by atoms with Crippen molar-refractivity contribution in [2.75, 3.05) is 0 Å². The molecule has 6 atom stereocenters. The largest absolute Gasteiger partial charge is 0.0620 e. The van der Waals surface area contributed by atoms with E-state index >= 15 is 0 Å². The fourth-order valence-electron chi connectivity index (χ4n) is 7.59. The van der Waals surface area contributed by atoms with Crippen LogP contribution in [0.3, 0.4) is 0 Å². The first-order chi connectivity index (χ1) is 12.4. The highest BCUT2D eigenvalue weighted by atomic mass is 14.5. The standard InChI is InChI=1S/C25H36/c1-4-10-22-18(7-1)13-14-21(22)17-20-9-3-6-12-24(20)25-16-15-19-8-2-5-11-23(19)25/h3,6,9,12,18-19,21-23,25H,1-2,4-5,7-8,10-11,13-17H2/t18?,19?,21-,22?,23?,25-/m0/s1. The van der Waals surface area contributed by atoms with E-state index in [1.165, 1.54) is 83.5 Å². The number of hydrogen-bond donors (Lipinski definition) is 0. The van der Waals surface area contributed by atoms with Gasteiger partial charge in [-0.25, -0.2) is 0 Å². The van der Waals surface area contributed by atoms with Gasteiger partial charge < -0.3 is 0 Å². The van der Waals surface area contributed by atoms with Crippen molar-refractivity contribution in [2.45, 2.75) is 89.4 Å². The van der Waals surface area contributed by atoms with Crippen LogP contribution in [0, 0.1) is 29.6 Å². The second kappa shape index (κ2) is 7.09. The first-order valence-corrected chi connectivity index (χ1v) is 11.5. The molecule has 0 saturated heterocycles. The van der Waals surface area contributed by atoms with E-state index in [-0.39, 0.29) is 0 Å². The molecule has 25 heavy (non-hydrogen) atoms. The summed E-state index contributed by atoms with van der Waals surface area (Å²) in [5, 5.41) is 0. The van der Waals surface area contributed by atoms with Crippen molar-refractivity contribution < 1.29 is 0 Å². The monoisotopic (exact) mass is 336 g/mol. The molecule has 136 valence electrons. The quantitative estimate of drug-likeness (QED) is 0.550. The highest BCUT2D eigenvalue weighted by Crippen LogP contribution is 2.52. The Morgan fingerprint density at radius 3 is 2.20 bits per heavy atom. The second-order valence-electron chi connectivity index (χ2n) is 9.84. The van der Waals surface area contributed by atoms with Gasteiger partial charge in [0.2, 0.25) is 0 Å². The Bertz CT molecular complexity index is 587. The van der Waals surface area contributed by atoms with Crippen molar-refractivity contribution in [3.05, 3.63) is 35.4 Å². The zero-order chi connectivity index (χ0) is 16.6. The summed E-state index contributed by atoms with van der Waals surface area (Å²) in [6.45, 7) is 0. The van der Waals surface area contributed by atoms with Crippen LogP contribution in [0.15, 0.2) is 24.3 Å². The van der Waals surface area contributed by atoms with Gasteiger partial charge in [-0.15, -0.1) is 0 Å². The lowest BCUT2D eigenvalue weighted by atomic mass is 9.73. The molecule has 0 aliphatic heterocycles. The minimum atomic E-state index is 0.894. The lowest BCUT2D eigenvalue weighted by Crippen LogP contribution is -2.22. The van der Waals surface area contributed by atoms with Gasteiger partial charge in [0, 0.05) is 0 Å². The average molecular weight is 337 g/mol. The fourth-order valence-corrected chi connectivity index (χ4v) is 7.59. The van der Waals surface area contributed by atoms with E-state index in [1.807, 2.05) is 0 Å². The molecule has 0 bridgehead atoms. The summed E-state index contributed by atoms with van der Waals surface area (Å²) in [5.74, 6) is 6.11. The molecule has 0 heteroatoms. The zero-order valence-corrected chi connectivity index (χ0v) is 16.0. The molecule has 4 saturated carbocycles. The van der Waals surface area contributed by atoms with E-state index in [0.29, 0.717) is 0 Å². The highest BCUT2D eigenvalue weighted by Gasteiger charge is 2.40. The topological polar surface area (TPSA) is 0 Å². The summed E-state index contributed by atoms with van der Waals surface area (Å²) >= 11 is 0. The maximum absolute atomic E-state index is 2.52. The molecule has 5 rings (SSSR count). The summed E-state index contributed by atoms with van der Waals surface area (Å²) in [7, 11) is 0. The smallest absolute Gasteiger partial charge is 0.0128 e. The molecule has 0 N–H and O–H groups in total. The van der Waals surface area contributed by atoms with E-state index < -0.39 is 0 Å². The first-order valence-electron chi connectivity index (χ1n) is 11.5. The maximum atomic E-state index is 2.52. The van der Waals surface area contributed by atoms with Crippen molar-refractivity contribution in [1.29, 1.82) is 0 Å². The summed E-state index contributed by atoms with van der Waals surface area (Å²) in [5.41, 5.74) is 3.52. The Morgan fingerprint density at radius 2 is 1.32 bits per heavy atom. The van der Waals surface area contributed by atoms with Gasteiger partial charge in [-0.1, -0.05) is 62.8 Å². The van der Waals surface area contributed by atoms with Crippen LogP contribution < -0.4 is 0 Å². The molecule has 0 nitrogen and oxygen atoms in total. The van der Waals surface area contributed by atoms with Crippen molar-refractivity contribution in [2.24, 2.45) is 29.6 Å². The molecule has 4 aliphatic carbocycles. The summed E-state index contributed by atoms with van der Waals surface area (Å²) in [4.78, 5) is 0. The van der Waals surface area contributed by atoms with Crippen LogP contribution in [0.4, 0.5) is 0 Å². The molecule has 1 aromatic carbocycles. The van der Waals surface area contributed by atoms with Crippen LogP contribution in [-0.2, 0) is 6.42 Å². The lowest BCUT2D eigenvalue weighted by molar-refractivity contribution is 0.226. The molecule has 0 amide bonds. The summed E-state index contributed by atoms with van der Waals surface area (Å²) < 4.78 is 0. The van der Waals surface area contributed by atoms with Crippen molar-refractivity contribution in [3.63, 3.8) is 0 Å². The summed E-state index contributed by atoms with van der Waals surface area (Å²) in [6, 6.07) is 9.67. The van der Waals surface area contributed by atoms with Crippen LogP contribution in [0.25, 0.3) is 0 Å². The van der Waals surface area contributed by atoms with Gasteiger partial charge in [0.25, 0.3) is 0 Å². The molecule has 4 fully saturated rings. The second-order valence-corrected chi connectivity index (χ2v) is 9.84. The molecule has 0 spiro atoms. The molecular formula is C25H36. The maximum Gasteiger partial charge on any atom is -0.0128 e. The Hall–Kier alpha value is -0.780. The predicted molar refractivity (Wildman–Crippen MR) is 106 cm³/mol. The van der Waals surface area contributed by atoms with Crippen molar-refractivity contribution >= 4 is 0 Å². The number of fused-ring (bicyclic) bond motifs is 2. The zero-order valence-electron chi connectivity index (χ0n) is 16.0. The third-order valence-electron chi connectivity index (χ3n) is 8.75. The molecule has 0 radical (unpaired) electrons. The Morgan fingerprint density at radius 1 is 0.640 bits per heavy atom. The average Bonchev–Trinajstić information content (AvgIpc) is 3.27. The van der Waals surface area contributed by atoms with Crippen molar-refractivity contribution in [3.8, 4) is 0 Å². The Labute approximate surface area is 154 Å². The summed E-state index contributed by atoms with van der Waals surface area (Å²) in [6.07, 6.45) is 19.5. The SMILES string of the molecule is c1ccc([C@H]2CCC3CCCCC32)c(C[C@@H]2CCC3CCCCC32)c1. The number of benzene rings is 1. The lowest BCUT2D eigenvalue weighted by Gasteiger charge is -2.32. The Balaban J connectivity index is 1.36. The van der Waals surface area contributed by atoms with Crippen molar-refractivity contribution in [1.82, 2.24) is 0 Å². The van der Waals surface area contributed by atoms with E-state index in [4.69, 9.17) is 0 Å². The third kappa shape index (κ3) is 3.08. The predicted octanol–water partition coefficient (Wildman–Crippen LogP) is 7.13. The van der Waals surface area contributed by atoms with Crippen LogP contribution in [0.2, 0.25) is 0 Å². The first kappa shape index (κ1) is 16.4. The third-order valence-corrected chi connectivity index (χ3v) is 8.75. The van der Waals surface area contributed by atoms with Gasteiger partial charge >= 0.3 is 0 Å². The van der Waals surface area contributed by atoms with E-state index in [9.17, 15) is 0 Å². The number of rotatable bonds is 3. The molecule has 0 heterocycles. The van der Waals surface area contributed by atoms with E-state index in [1.54, 1.807) is 11.1 Å². The minimum Gasteiger partial charge on any atom is -0.0620 e. The van der Waals surface area contributed by atoms with Crippen LogP contribution >= 0.6 is 0 Å². The van der Waals surface area contributed by atoms with Gasteiger partial charge in [0.15, 0.2) is 0 Å². The highest BCUT2D eigenvalue weighted by molar-refractivity contribution is 5.33. The molecule has 4 aliphatic rings. The van der Waals surface area contributed by atoms with Crippen LogP contribution in [0.1, 0.15) is 94.1 Å². The van der Waals surface area contributed by atoms with E-state index in [0.717, 1.165) is 35.5 Å². The van der Waals surface area contributed by atoms with E-state index in [2.05, 4.69) is 24.3 Å². The van der Waals surface area contributed by atoms with Gasteiger partial charge in [0.05, 0.1) is 0 Å². The van der Waals surface area contributed by atoms with Gasteiger partial charge in [-0.05, 0) is 91.6 Å². The Kier molecular flexibility index (Phi) is 4.65. The van der Waals surface area contributed by atoms with Gasteiger partial charge in [-0.2, -0.15) is 0 Å². The van der Waals surface area contributed by atoms with Crippen LogP contribution in [-0.4, -0.2) is 0 Å². The van der Waals surface area contributed by atoms with Crippen LogP contribution in [0.5, 0.6) is 0 Å². The minimum absolute atomic E-state index is 0.894. The molecule has 1 aromatic rings. The van der Waals surface area contributed by atoms with Gasteiger partial charge in [-0.3, -0.25) is 0 Å².